The van der Waals surface area contributed by atoms with Gasteiger partial charge in [-0.3, -0.25) is 0 Å². The molecule has 0 bridgehead atoms. The Morgan fingerprint density at radius 2 is 2.00 bits per heavy atom. The molecule has 0 aromatic heterocycles. The van der Waals surface area contributed by atoms with Crippen molar-refractivity contribution in [3.63, 3.8) is 0 Å². The van der Waals surface area contributed by atoms with Gasteiger partial charge in [-0.25, -0.2) is 0 Å². The fourth-order valence-electron chi connectivity index (χ4n) is 2.34. The number of hydrogen-bond donors (Lipinski definition) is 2. The van der Waals surface area contributed by atoms with Gasteiger partial charge >= 0.3 is 0 Å². The number of ether oxygens (including phenoxy) is 1. The number of aliphatic hydroxyl groups excluding tert-OH is 1. The number of hydrogen-bond acceptors (Lipinski definition) is 3. The van der Waals surface area contributed by atoms with Crippen LogP contribution in [0, 0.1) is 0 Å². The molecular formula is C17H27NO2. The predicted octanol–water partition coefficient (Wildman–Crippen LogP) is 2.53. The third-order valence-electron chi connectivity index (χ3n) is 3.87. The Morgan fingerprint density at radius 3 is 2.65 bits per heavy atom. The highest BCUT2D eigenvalue weighted by Crippen LogP contribution is 2.23. The van der Waals surface area contributed by atoms with Crippen LogP contribution in [0.3, 0.4) is 0 Å². The van der Waals surface area contributed by atoms with E-state index >= 15 is 0 Å². The quantitative estimate of drug-likeness (QED) is 0.646. The van der Waals surface area contributed by atoms with Gasteiger partial charge in [0.15, 0.2) is 0 Å². The zero-order valence-corrected chi connectivity index (χ0v) is 12.5. The lowest BCUT2D eigenvalue weighted by atomic mass is 9.99. The number of aryl methyl sites for hydroxylation is 1. The molecule has 1 atom stereocenters. The molecule has 0 amide bonds. The van der Waals surface area contributed by atoms with E-state index in [2.05, 4.69) is 36.5 Å². The van der Waals surface area contributed by atoms with E-state index in [1.807, 2.05) is 6.07 Å². The molecule has 1 aliphatic carbocycles. The normalized spacial score (nSPS) is 17.9. The molecule has 0 saturated heterocycles. The molecule has 0 radical (unpaired) electrons. The lowest BCUT2D eigenvalue weighted by Gasteiger charge is -2.28. The summed E-state index contributed by atoms with van der Waals surface area (Å²) in [6.07, 6.45) is 5.47. The van der Waals surface area contributed by atoms with Gasteiger partial charge in [0.2, 0.25) is 0 Å². The topological polar surface area (TPSA) is 41.5 Å². The van der Waals surface area contributed by atoms with Crippen LogP contribution >= 0.6 is 0 Å². The van der Waals surface area contributed by atoms with E-state index in [9.17, 15) is 5.11 Å². The van der Waals surface area contributed by atoms with Crippen LogP contribution in [0.1, 0.15) is 38.2 Å². The first-order valence-electron chi connectivity index (χ1n) is 7.72. The van der Waals surface area contributed by atoms with Crippen molar-refractivity contribution in [1.29, 1.82) is 0 Å². The summed E-state index contributed by atoms with van der Waals surface area (Å²) in [5.41, 5.74) is 1.19. The molecular weight excluding hydrogens is 250 g/mol. The van der Waals surface area contributed by atoms with Gasteiger partial charge in [-0.1, -0.05) is 30.3 Å². The summed E-state index contributed by atoms with van der Waals surface area (Å²) in [4.78, 5) is 0. The molecule has 20 heavy (non-hydrogen) atoms. The second-order valence-corrected chi connectivity index (χ2v) is 6.09. The minimum absolute atomic E-state index is 0.177. The highest BCUT2D eigenvalue weighted by Gasteiger charge is 2.31. The maximum absolute atomic E-state index is 9.50. The Balaban J connectivity index is 1.54. The standard InChI is InChI=1S/C17H27NO2/c1-17(14-19,18-16-9-10-16)11-13-20-12-5-8-15-6-3-2-4-7-15/h2-4,6-7,16,18-19H,5,8-14H2,1H3. The van der Waals surface area contributed by atoms with Crippen molar-refractivity contribution in [2.75, 3.05) is 19.8 Å². The summed E-state index contributed by atoms with van der Waals surface area (Å²) in [6, 6.07) is 11.1. The van der Waals surface area contributed by atoms with Gasteiger partial charge in [-0.05, 0) is 44.6 Å². The molecule has 1 saturated carbocycles. The van der Waals surface area contributed by atoms with E-state index in [1.165, 1.54) is 18.4 Å². The van der Waals surface area contributed by atoms with Crippen LogP contribution in [0.15, 0.2) is 30.3 Å². The molecule has 3 nitrogen and oxygen atoms in total. The summed E-state index contributed by atoms with van der Waals surface area (Å²) < 4.78 is 5.70. The minimum Gasteiger partial charge on any atom is -0.394 e. The van der Waals surface area contributed by atoms with E-state index in [-0.39, 0.29) is 12.1 Å². The molecule has 0 heterocycles. The van der Waals surface area contributed by atoms with Crippen molar-refractivity contribution in [3.05, 3.63) is 35.9 Å². The highest BCUT2D eigenvalue weighted by atomic mass is 16.5. The lowest BCUT2D eigenvalue weighted by molar-refractivity contribution is 0.0849. The zero-order chi connectivity index (χ0) is 14.3. The Labute approximate surface area is 122 Å². The van der Waals surface area contributed by atoms with Gasteiger partial charge in [0, 0.05) is 24.8 Å². The van der Waals surface area contributed by atoms with Crippen LogP contribution in [0.25, 0.3) is 0 Å². The summed E-state index contributed by atoms with van der Waals surface area (Å²) in [7, 11) is 0. The summed E-state index contributed by atoms with van der Waals surface area (Å²) in [5, 5.41) is 13.0. The first kappa shape index (κ1) is 15.5. The fourth-order valence-corrected chi connectivity index (χ4v) is 2.34. The third kappa shape index (κ3) is 5.61. The second kappa shape index (κ2) is 7.77. The van der Waals surface area contributed by atoms with Crippen molar-refractivity contribution in [3.8, 4) is 0 Å². The Bertz CT molecular complexity index is 378. The molecule has 2 N–H and O–H groups in total. The van der Waals surface area contributed by atoms with Crippen molar-refractivity contribution >= 4 is 0 Å². The molecule has 1 aromatic rings. The van der Waals surface area contributed by atoms with Crippen LogP contribution in [0.4, 0.5) is 0 Å². The van der Waals surface area contributed by atoms with Crippen LogP contribution in [-0.2, 0) is 11.2 Å². The van der Waals surface area contributed by atoms with E-state index in [0.29, 0.717) is 12.6 Å². The zero-order valence-electron chi connectivity index (χ0n) is 12.5. The molecule has 1 aliphatic rings. The molecule has 1 fully saturated rings. The van der Waals surface area contributed by atoms with Gasteiger partial charge in [0.05, 0.1) is 6.61 Å². The van der Waals surface area contributed by atoms with Crippen LogP contribution in [0.2, 0.25) is 0 Å². The van der Waals surface area contributed by atoms with Gasteiger partial charge in [-0.15, -0.1) is 0 Å². The number of benzene rings is 1. The van der Waals surface area contributed by atoms with Gasteiger partial charge in [-0.2, -0.15) is 0 Å². The van der Waals surface area contributed by atoms with E-state index in [0.717, 1.165) is 25.9 Å². The molecule has 1 aromatic carbocycles. The maximum atomic E-state index is 9.50. The van der Waals surface area contributed by atoms with Gasteiger partial charge in [0.1, 0.15) is 0 Å². The Kier molecular flexibility index (Phi) is 6.02. The molecule has 0 aliphatic heterocycles. The largest absolute Gasteiger partial charge is 0.394 e. The number of nitrogens with one attached hydrogen (secondary N) is 1. The van der Waals surface area contributed by atoms with Crippen LogP contribution in [-0.4, -0.2) is 36.5 Å². The Hall–Kier alpha value is -0.900. The maximum Gasteiger partial charge on any atom is 0.0611 e. The first-order valence-corrected chi connectivity index (χ1v) is 7.72. The number of aliphatic hydroxyl groups is 1. The molecule has 3 heteroatoms. The average Bonchev–Trinajstić information content (AvgIpc) is 3.27. The molecule has 0 spiro atoms. The number of rotatable bonds is 10. The van der Waals surface area contributed by atoms with Crippen molar-refractivity contribution < 1.29 is 9.84 Å². The van der Waals surface area contributed by atoms with Crippen molar-refractivity contribution in [2.45, 2.75) is 50.6 Å². The van der Waals surface area contributed by atoms with Crippen LogP contribution < -0.4 is 5.32 Å². The van der Waals surface area contributed by atoms with E-state index in [4.69, 9.17) is 4.74 Å². The lowest BCUT2D eigenvalue weighted by Crippen LogP contribution is -2.47. The highest BCUT2D eigenvalue weighted by molar-refractivity contribution is 5.14. The second-order valence-electron chi connectivity index (χ2n) is 6.09. The average molecular weight is 277 g/mol. The summed E-state index contributed by atoms with van der Waals surface area (Å²) in [6.45, 7) is 3.76. The van der Waals surface area contributed by atoms with Crippen molar-refractivity contribution in [2.24, 2.45) is 0 Å². The fraction of sp³-hybridized carbons (Fsp3) is 0.647. The smallest absolute Gasteiger partial charge is 0.0611 e. The van der Waals surface area contributed by atoms with E-state index in [1.54, 1.807) is 0 Å². The predicted molar refractivity (Wildman–Crippen MR) is 81.8 cm³/mol. The van der Waals surface area contributed by atoms with Gasteiger partial charge < -0.3 is 15.2 Å². The Morgan fingerprint density at radius 1 is 1.25 bits per heavy atom. The van der Waals surface area contributed by atoms with Crippen molar-refractivity contribution in [1.82, 2.24) is 5.32 Å². The SMILES string of the molecule is CC(CO)(CCOCCCc1ccccc1)NC1CC1. The van der Waals surface area contributed by atoms with E-state index < -0.39 is 0 Å². The van der Waals surface area contributed by atoms with Gasteiger partial charge in [0.25, 0.3) is 0 Å². The monoisotopic (exact) mass is 277 g/mol. The first-order chi connectivity index (χ1) is 9.72. The molecule has 1 unspecified atom stereocenters. The summed E-state index contributed by atoms with van der Waals surface area (Å²) >= 11 is 0. The third-order valence-corrected chi connectivity index (χ3v) is 3.87. The molecule has 112 valence electrons. The summed E-state index contributed by atoms with van der Waals surface area (Å²) in [5.74, 6) is 0. The molecule has 2 rings (SSSR count). The van der Waals surface area contributed by atoms with Crippen LogP contribution in [0.5, 0.6) is 0 Å². The minimum atomic E-state index is -0.180.